The van der Waals surface area contributed by atoms with Crippen LogP contribution in [0.25, 0.3) is 0 Å². The average Bonchev–Trinajstić information content (AvgIpc) is 3.07. The van der Waals surface area contributed by atoms with Gasteiger partial charge in [-0.1, -0.05) is 11.8 Å². The fourth-order valence-electron chi connectivity index (χ4n) is 3.81. The van der Waals surface area contributed by atoms with Crippen LogP contribution in [-0.2, 0) is 12.3 Å². The highest BCUT2D eigenvalue weighted by atomic mass is 32.2. The second-order valence-corrected chi connectivity index (χ2v) is 8.14. The van der Waals surface area contributed by atoms with Crippen molar-refractivity contribution < 1.29 is 13.2 Å². The van der Waals surface area contributed by atoms with Crippen molar-refractivity contribution in [2.45, 2.75) is 55.8 Å². The molecule has 1 N–H and O–H groups in total. The van der Waals surface area contributed by atoms with Crippen LogP contribution in [0.1, 0.15) is 37.2 Å². The molecule has 1 aromatic rings. The first-order chi connectivity index (χ1) is 12.1. The van der Waals surface area contributed by atoms with E-state index in [9.17, 15) is 8.78 Å². The minimum Gasteiger partial charge on any atom is -0.464 e. The Hall–Kier alpha value is -0.630. The van der Waals surface area contributed by atoms with Gasteiger partial charge in [0.1, 0.15) is 11.5 Å². The molecular formula is C18H29F2N3OS. The second kappa shape index (κ2) is 9.35. The van der Waals surface area contributed by atoms with Crippen molar-refractivity contribution >= 4 is 11.8 Å². The van der Waals surface area contributed by atoms with Crippen molar-refractivity contribution in [1.82, 2.24) is 15.1 Å². The summed E-state index contributed by atoms with van der Waals surface area (Å²) < 4.78 is 30.0. The highest BCUT2D eigenvalue weighted by Crippen LogP contribution is 2.22. The molecule has 4 nitrogen and oxygen atoms in total. The lowest BCUT2D eigenvalue weighted by atomic mass is 9.98. The van der Waals surface area contributed by atoms with Crippen LogP contribution in [0.2, 0.25) is 0 Å². The normalized spacial score (nSPS) is 22.1. The molecule has 0 spiro atoms. The summed E-state index contributed by atoms with van der Waals surface area (Å²) in [5.41, 5.74) is 0. The zero-order valence-electron chi connectivity index (χ0n) is 14.9. The molecule has 0 atom stereocenters. The van der Waals surface area contributed by atoms with Gasteiger partial charge in [0.15, 0.2) is 0 Å². The van der Waals surface area contributed by atoms with Crippen molar-refractivity contribution in [2.75, 3.05) is 33.2 Å². The van der Waals surface area contributed by atoms with E-state index < -0.39 is 5.76 Å². The van der Waals surface area contributed by atoms with Gasteiger partial charge in [-0.3, -0.25) is 0 Å². The molecule has 0 amide bonds. The van der Waals surface area contributed by atoms with Crippen molar-refractivity contribution in [1.29, 1.82) is 0 Å². The lowest BCUT2D eigenvalue weighted by molar-refractivity contribution is 0.0917. The summed E-state index contributed by atoms with van der Waals surface area (Å²) in [4.78, 5) is 5.08. The van der Waals surface area contributed by atoms with Gasteiger partial charge in [-0.25, -0.2) is 0 Å². The number of alkyl halides is 2. The highest BCUT2D eigenvalue weighted by molar-refractivity contribution is 7.98. The van der Waals surface area contributed by atoms with E-state index in [4.69, 9.17) is 4.42 Å². The van der Waals surface area contributed by atoms with Crippen LogP contribution in [0.3, 0.4) is 0 Å². The lowest BCUT2D eigenvalue weighted by Crippen LogP contribution is -2.49. The van der Waals surface area contributed by atoms with Gasteiger partial charge in [-0.15, -0.1) is 0 Å². The number of hydrogen-bond donors (Lipinski definition) is 1. The molecule has 2 fully saturated rings. The van der Waals surface area contributed by atoms with Gasteiger partial charge in [0.2, 0.25) is 0 Å². The summed E-state index contributed by atoms with van der Waals surface area (Å²) in [6.45, 7) is 5.44. The topological polar surface area (TPSA) is 31.6 Å². The van der Waals surface area contributed by atoms with E-state index in [0.29, 0.717) is 30.1 Å². The van der Waals surface area contributed by atoms with E-state index in [1.165, 1.54) is 51.9 Å². The molecule has 7 heteroatoms. The Balaban J connectivity index is 1.35. The summed E-state index contributed by atoms with van der Waals surface area (Å²) >= 11 is 0.602. The third kappa shape index (κ3) is 5.94. The van der Waals surface area contributed by atoms with Crippen LogP contribution < -0.4 is 5.32 Å². The van der Waals surface area contributed by atoms with Crippen molar-refractivity contribution in [3.8, 4) is 0 Å². The predicted molar refractivity (Wildman–Crippen MR) is 98.0 cm³/mol. The molecule has 3 heterocycles. The van der Waals surface area contributed by atoms with Gasteiger partial charge in [0.05, 0.1) is 12.3 Å². The Kier molecular flexibility index (Phi) is 7.16. The first-order valence-electron chi connectivity index (χ1n) is 9.23. The molecular weight excluding hydrogens is 344 g/mol. The monoisotopic (exact) mass is 373 g/mol. The number of nitrogens with one attached hydrogen (secondary N) is 1. The van der Waals surface area contributed by atoms with Crippen LogP contribution in [0.4, 0.5) is 8.78 Å². The van der Waals surface area contributed by atoms with Crippen molar-refractivity contribution in [3.63, 3.8) is 0 Å². The smallest absolute Gasteiger partial charge is 0.284 e. The van der Waals surface area contributed by atoms with Gasteiger partial charge < -0.3 is 19.5 Å². The molecule has 2 aliphatic heterocycles. The third-order valence-electron chi connectivity index (χ3n) is 5.37. The van der Waals surface area contributed by atoms with E-state index in [2.05, 4.69) is 22.2 Å². The highest BCUT2D eigenvalue weighted by Gasteiger charge is 2.27. The molecule has 2 saturated heterocycles. The number of halogens is 2. The third-order valence-corrected chi connectivity index (χ3v) is 6.07. The second-order valence-electron chi connectivity index (χ2n) is 7.17. The summed E-state index contributed by atoms with van der Waals surface area (Å²) in [5.74, 6) is -0.657. The fraction of sp³-hybridized carbons (Fsp3) is 0.778. The van der Waals surface area contributed by atoms with Crippen LogP contribution in [0.15, 0.2) is 16.5 Å². The number of thioether (sulfide) groups is 1. The summed E-state index contributed by atoms with van der Waals surface area (Å²) in [5, 5.41) is 3.56. The average molecular weight is 374 g/mol. The molecule has 0 aromatic carbocycles. The van der Waals surface area contributed by atoms with Crippen LogP contribution >= 0.6 is 11.8 Å². The van der Waals surface area contributed by atoms with Crippen molar-refractivity contribution in [2.24, 2.45) is 0 Å². The largest absolute Gasteiger partial charge is 0.464 e. The Morgan fingerprint density at radius 2 is 1.80 bits per heavy atom. The van der Waals surface area contributed by atoms with E-state index >= 15 is 0 Å². The van der Waals surface area contributed by atoms with E-state index in [0.717, 1.165) is 11.8 Å². The number of furan rings is 1. The fourth-order valence-corrected chi connectivity index (χ4v) is 4.26. The first-order valence-corrected chi connectivity index (χ1v) is 10.3. The van der Waals surface area contributed by atoms with Crippen LogP contribution in [0, 0.1) is 0 Å². The maximum absolute atomic E-state index is 12.2. The maximum Gasteiger partial charge on any atom is 0.284 e. The standard InChI is InChI=1S/C18H29F2N3OS/c1-22-8-6-15(7-9-22)23-10-4-14(5-11-23)21-12-16-2-3-17(24-16)13-25-18(19)20/h2-3,14-15,18,21H,4-13H2,1H3. The Morgan fingerprint density at radius 1 is 1.12 bits per heavy atom. The van der Waals surface area contributed by atoms with Crippen LogP contribution in [-0.4, -0.2) is 60.9 Å². The quantitative estimate of drug-likeness (QED) is 0.792. The van der Waals surface area contributed by atoms with Gasteiger partial charge in [0, 0.05) is 12.1 Å². The summed E-state index contributed by atoms with van der Waals surface area (Å²) in [6.07, 6.45) is 4.92. The summed E-state index contributed by atoms with van der Waals surface area (Å²) in [6, 6.07) is 4.97. The summed E-state index contributed by atoms with van der Waals surface area (Å²) in [7, 11) is 2.21. The van der Waals surface area contributed by atoms with Crippen LogP contribution in [0.5, 0.6) is 0 Å². The zero-order valence-corrected chi connectivity index (χ0v) is 15.7. The van der Waals surface area contributed by atoms with Gasteiger partial charge in [-0.05, 0) is 71.0 Å². The number of rotatable bonds is 7. The van der Waals surface area contributed by atoms with Gasteiger partial charge >= 0.3 is 0 Å². The predicted octanol–water partition coefficient (Wildman–Crippen LogP) is 3.38. The van der Waals surface area contributed by atoms with Gasteiger partial charge in [-0.2, -0.15) is 8.78 Å². The Morgan fingerprint density at radius 3 is 2.48 bits per heavy atom. The first kappa shape index (κ1) is 19.1. The molecule has 3 rings (SSSR count). The number of piperidine rings is 2. The van der Waals surface area contributed by atoms with E-state index in [1.807, 2.05) is 6.07 Å². The number of hydrogen-bond acceptors (Lipinski definition) is 5. The lowest BCUT2D eigenvalue weighted by Gasteiger charge is -2.41. The van der Waals surface area contributed by atoms with E-state index in [-0.39, 0.29) is 5.75 Å². The number of nitrogens with zero attached hydrogens (tertiary/aromatic N) is 2. The molecule has 0 unspecified atom stereocenters. The van der Waals surface area contributed by atoms with Crippen molar-refractivity contribution in [3.05, 3.63) is 23.7 Å². The number of likely N-dealkylation sites (tertiary alicyclic amines) is 2. The maximum atomic E-state index is 12.2. The molecule has 25 heavy (non-hydrogen) atoms. The molecule has 0 bridgehead atoms. The molecule has 142 valence electrons. The minimum absolute atomic E-state index is 0.229. The molecule has 0 saturated carbocycles. The van der Waals surface area contributed by atoms with E-state index in [1.54, 1.807) is 6.07 Å². The molecule has 2 aliphatic rings. The Bertz CT molecular complexity index is 512. The Labute approximate surface area is 153 Å². The van der Waals surface area contributed by atoms with Gasteiger partial charge in [0.25, 0.3) is 5.76 Å². The zero-order chi connectivity index (χ0) is 17.6. The molecule has 0 radical (unpaired) electrons. The minimum atomic E-state index is -2.35. The SMILES string of the molecule is CN1CCC(N2CCC(NCc3ccc(CSC(F)F)o3)CC2)CC1. The molecule has 0 aliphatic carbocycles. The molecule has 1 aromatic heterocycles.